The third-order valence-corrected chi connectivity index (χ3v) is 8.09. The largest absolute Gasteiger partial charge is 2.00 e. The van der Waals surface area contributed by atoms with E-state index in [-0.39, 0.29) is 17.1 Å². The van der Waals surface area contributed by atoms with Crippen molar-refractivity contribution in [3.63, 3.8) is 0 Å². The topological polar surface area (TPSA) is 155 Å². The van der Waals surface area contributed by atoms with Crippen molar-refractivity contribution in [1.29, 1.82) is 0 Å². The summed E-state index contributed by atoms with van der Waals surface area (Å²) in [6, 6.07) is 8.02. The van der Waals surface area contributed by atoms with Crippen LogP contribution in [0.5, 0.6) is 0 Å². The maximum absolute atomic E-state index is 9.75. The molecule has 16 nitrogen and oxygen atoms in total. The molecule has 1 radical (unpaired) electrons. The van der Waals surface area contributed by atoms with E-state index < -0.39 is 14.5 Å². The van der Waals surface area contributed by atoms with Gasteiger partial charge in [0.1, 0.15) is 0 Å². The van der Waals surface area contributed by atoms with Gasteiger partial charge in [0.15, 0.2) is 0 Å². The Labute approximate surface area is 358 Å². The fourth-order valence-electron chi connectivity index (χ4n) is 5.69. The predicted molar refractivity (Wildman–Crippen MR) is 214 cm³/mol. The Morgan fingerprint density at radius 1 is 0.393 bits per heavy atom. The smallest absolute Gasteiger partial charge is 0.418 e. The van der Waals surface area contributed by atoms with Crippen LogP contribution in [0.4, 0.5) is 46.4 Å². The molecule has 0 bridgehead atoms. The minimum absolute atomic E-state index is 0. The van der Waals surface area contributed by atoms with Crippen molar-refractivity contribution in [3.8, 4) is 23.8 Å². The van der Waals surface area contributed by atoms with Gasteiger partial charge in [-0.05, 0) is 107 Å². The van der Waals surface area contributed by atoms with Gasteiger partial charge in [-0.1, -0.05) is 0 Å². The Balaban J connectivity index is 0.000000340. The van der Waals surface area contributed by atoms with Gasteiger partial charge in [-0.15, -0.1) is 0 Å². The summed E-state index contributed by atoms with van der Waals surface area (Å²) in [7, 11) is -12.0. The van der Waals surface area contributed by atoms with Crippen molar-refractivity contribution in [2.75, 3.05) is 36.0 Å². The molecule has 61 heavy (non-hydrogen) atoms. The summed E-state index contributed by atoms with van der Waals surface area (Å²) >= 11 is 0. The molecular formula is C34H48B2CuF8N16. The Bertz CT molecular complexity index is 2010. The second kappa shape index (κ2) is 21.9. The average molecular weight is 918 g/mol. The van der Waals surface area contributed by atoms with Gasteiger partial charge < -0.3 is 44.3 Å². The molecule has 0 N–H and O–H groups in total. The molecule has 0 unspecified atom stereocenters. The van der Waals surface area contributed by atoms with Gasteiger partial charge in [0.2, 0.25) is 11.9 Å². The van der Waals surface area contributed by atoms with Crippen molar-refractivity contribution in [2.24, 2.45) is 0 Å². The monoisotopic (exact) mass is 917 g/mol. The first-order valence-corrected chi connectivity index (χ1v) is 18.8. The van der Waals surface area contributed by atoms with Gasteiger partial charge in [0.25, 0.3) is 23.8 Å². The number of halogens is 8. The normalized spacial score (nSPS) is 11.1. The minimum atomic E-state index is -6.00. The van der Waals surface area contributed by atoms with Crippen LogP contribution in [-0.4, -0.2) is 110 Å². The van der Waals surface area contributed by atoms with Crippen LogP contribution in [0.3, 0.4) is 0 Å². The number of aryl methyl sites for hydroxylation is 8. The molecule has 0 spiro atoms. The zero-order valence-electron chi connectivity index (χ0n) is 35.8. The number of hydrogen-bond donors (Lipinski definition) is 0. The van der Waals surface area contributed by atoms with Crippen LogP contribution in [0.25, 0.3) is 23.8 Å². The average Bonchev–Trinajstić information content (AvgIpc) is 3.87. The van der Waals surface area contributed by atoms with Gasteiger partial charge in [-0.3, -0.25) is 0 Å². The first kappa shape index (κ1) is 51.7. The number of nitrogens with zero attached hydrogens (tertiary/aromatic N) is 16. The molecule has 337 valence electrons. The van der Waals surface area contributed by atoms with E-state index in [2.05, 4.69) is 87.8 Å². The number of rotatable bonds is 10. The zero-order chi connectivity index (χ0) is 45.3. The van der Waals surface area contributed by atoms with Crippen molar-refractivity contribution < 1.29 is 51.6 Å². The molecule has 6 heterocycles. The maximum atomic E-state index is 9.75. The summed E-state index contributed by atoms with van der Waals surface area (Å²) in [6.07, 6.45) is 0. The van der Waals surface area contributed by atoms with E-state index in [1.54, 1.807) is 18.7 Å². The van der Waals surface area contributed by atoms with E-state index in [1.807, 2.05) is 79.7 Å². The molecule has 0 atom stereocenters. The van der Waals surface area contributed by atoms with Crippen LogP contribution < -0.4 is 9.80 Å². The predicted octanol–water partition coefficient (Wildman–Crippen LogP) is 7.24. The zero-order valence-corrected chi connectivity index (χ0v) is 36.7. The number of aromatic nitrogens is 14. The van der Waals surface area contributed by atoms with E-state index in [4.69, 9.17) is 0 Å². The molecule has 0 aliphatic carbocycles. The molecule has 0 saturated heterocycles. The summed E-state index contributed by atoms with van der Waals surface area (Å²) in [6.45, 7) is 27.4. The van der Waals surface area contributed by atoms with E-state index in [1.165, 1.54) is 0 Å². The molecule has 0 aliphatic heterocycles. The summed E-state index contributed by atoms with van der Waals surface area (Å²) in [5, 5.41) is 18.0. The Hall–Kier alpha value is -5.45. The van der Waals surface area contributed by atoms with E-state index >= 15 is 0 Å². The summed E-state index contributed by atoms with van der Waals surface area (Å²) in [5.74, 6) is 3.28. The van der Waals surface area contributed by atoms with Crippen LogP contribution in [-0.2, 0) is 17.1 Å². The molecule has 6 aromatic heterocycles. The quantitative estimate of drug-likeness (QED) is 0.101. The molecule has 0 aliphatic rings. The fraction of sp³-hybridized carbons (Fsp3) is 0.471. The molecule has 0 aromatic carbocycles. The summed E-state index contributed by atoms with van der Waals surface area (Å²) in [4.78, 5) is 32.0. The van der Waals surface area contributed by atoms with Gasteiger partial charge in [0.05, 0.1) is 22.8 Å². The molecule has 0 amide bonds. The van der Waals surface area contributed by atoms with E-state index in [0.29, 0.717) is 35.7 Å². The van der Waals surface area contributed by atoms with Crippen LogP contribution in [0.15, 0.2) is 24.3 Å². The summed E-state index contributed by atoms with van der Waals surface area (Å²) in [5.41, 5.74) is 7.62. The molecule has 0 saturated carbocycles. The molecule has 6 rings (SSSR count). The van der Waals surface area contributed by atoms with Crippen molar-refractivity contribution in [1.82, 2.24) is 69.0 Å². The SMILES string of the molecule is CCN(CC)c1nc(-n2nc(C)cc2C)nc(-n2nc(C)cc2C)n1.CCN(CC)c1nc(-n2nc(C)cc2C)nc(-n2nc(C)cc2C)n1.F[B-](F)(F)F.F[B-](F)(F)F.[Cu+2]. The molecular weight excluding hydrogens is 870 g/mol. The van der Waals surface area contributed by atoms with Crippen LogP contribution in [0.1, 0.15) is 73.2 Å². The number of anilines is 2. The molecule has 0 fully saturated rings. The second-order valence-corrected chi connectivity index (χ2v) is 13.2. The van der Waals surface area contributed by atoms with E-state index in [0.717, 1.165) is 71.7 Å². The molecule has 6 aromatic rings. The van der Waals surface area contributed by atoms with Gasteiger partial charge in [-0.25, -0.2) is 18.7 Å². The second-order valence-electron chi connectivity index (χ2n) is 13.2. The van der Waals surface area contributed by atoms with Gasteiger partial charge >= 0.3 is 31.6 Å². The third kappa shape index (κ3) is 15.5. The first-order valence-electron chi connectivity index (χ1n) is 18.8. The van der Waals surface area contributed by atoms with Gasteiger partial charge in [-0.2, -0.15) is 50.3 Å². The van der Waals surface area contributed by atoms with Crippen LogP contribution in [0, 0.1) is 55.4 Å². The Kier molecular flexibility index (Phi) is 18.5. The number of hydrogen-bond acceptors (Lipinski definition) is 12. The maximum Gasteiger partial charge on any atom is 2.00 e. The molecule has 27 heteroatoms. The minimum Gasteiger partial charge on any atom is -0.418 e. The standard InChI is InChI=1S/2C17H24N8.2BF4.Cu/c2*1-7-23(8-2)15-18-16(24-13(5)9-11(3)21-24)20-17(19-15)25-14(6)10-12(4)22-25;2*2-1(3,4)5;/h2*9-10H,7-8H2,1-6H3;;;/q;;2*-1;+2. The van der Waals surface area contributed by atoms with Crippen LogP contribution in [0.2, 0.25) is 0 Å². The third-order valence-electron chi connectivity index (χ3n) is 8.09. The first-order chi connectivity index (χ1) is 27.8. The summed E-state index contributed by atoms with van der Waals surface area (Å²) < 4.78 is 85.0. The van der Waals surface area contributed by atoms with Crippen molar-refractivity contribution in [2.45, 2.75) is 83.1 Å². The fourth-order valence-corrected chi connectivity index (χ4v) is 5.69. The van der Waals surface area contributed by atoms with Crippen molar-refractivity contribution in [3.05, 3.63) is 69.8 Å². The van der Waals surface area contributed by atoms with Crippen LogP contribution >= 0.6 is 0 Å². The Morgan fingerprint density at radius 2 is 0.574 bits per heavy atom. The van der Waals surface area contributed by atoms with Gasteiger partial charge in [0, 0.05) is 49.0 Å². The Morgan fingerprint density at radius 3 is 0.705 bits per heavy atom. The van der Waals surface area contributed by atoms with Crippen molar-refractivity contribution >= 4 is 26.4 Å². The van der Waals surface area contributed by atoms with E-state index in [9.17, 15) is 34.5 Å².